The Hall–Kier alpha value is -5.28. The topological polar surface area (TPSA) is 0 Å². The van der Waals surface area contributed by atoms with E-state index in [2.05, 4.69) is 158 Å². The molecule has 0 saturated carbocycles. The number of hydrogen-bond acceptors (Lipinski definition) is 2. The van der Waals surface area contributed by atoms with Gasteiger partial charge in [0.25, 0.3) is 0 Å². The zero-order valence-corrected chi connectivity index (χ0v) is 26.5. The van der Waals surface area contributed by atoms with E-state index in [1.54, 1.807) is 0 Å². The lowest BCUT2D eigenvalue weighted by Gasteiger charge is -2.18. The van der Waals surface area contributed by atoms with E-state index in [9.17, 15) is 0 Å². The van der Waals surface area contributed by atoms with Gasteiger partial charge in [0.15, 0.2) is 0 Å². The minimum absolute atomic E-state index is 1.25. The molecule has 0 amide bonds. The van der Waals surface area contributed by atoms with Gasteiger partial charge in [-0.25, -0.2) is 0 Å². The molecule has 0 fully saturated rings. The minimum atomic E-state index is 1.25. The van der Waals surface area contributed by atoms with E-state index < -0.39 is 0 Å². The van der Waals surface area contributed by atoms with Crippen LogP contribution in [0.15, 0.2) is 158 Å². The smallest absolute Gasteiger partial charge is 0.0449 e. The molecule has 0 unspecified atom stereocenters. The molecule has 8 aromatic carbocycles. The Labute approximate surface area is 274 Å². The molecule has 2 heteroatoms. The molecular formula is C44H26S2. The van der Waals surface area contributed by atoms with Gasteiger partial charge in [-0.2, -0.15) is 0 Å². The Morgan fingerprint density at radius 1 is 0.326 bits per heavy atom. The van der Waals surface area contributed by atoms with Crippen LogP contribution in [0.5, 0.6) is 0 Å². The summed E-state index contributed by atoms with van der Waals surface area (Å²) >= 11 is 3.86. The van der Waals surface area contributed by atoms with Crippen molar-refractivity contribution >= 4 is 85.2 Å². The number of hydrogen-bond donors (Lipinski definition) is 0. The fraction of sp³-hybridized carbons (Fsp3) is 0. The Morgan fingerprint density at radius 3 is 1.67 bits per heavy atom. The number of benzene rings is 8. The Balaban J connectivity index is 1.38. The molecule has 0 radical (unpaired) electrons. The molecule has 0 spiro atoms. The maximum atomic E-state index is 2.36. The van der Waals surface area contributed by atoms with Crippen molar-refractivity contribution in [1.29, 1.82) is 0 Å². The van der Waals surface area contributed by atoms with Crippen molar-refractivity contribution in [2.75, 3.05) is 0 Å². The second kappa shape index (κ2) is 10.1. The molecule has 214 valence electrons. The highest BCUT2D eigenvalue weighted by Crippen LogP contribution is 2.53. The van der Waals surface area contributed by atoms with Crippen molar-refractivity contribution in [3.05, 3.63) is 158 Å². The van der Waals surface area contributed by atoms with Gasteiger partial charge in [-0.1, -0.05) is 140 Å². The van der Waals surface area contributed by atoms with E-state index in [-0.39, 0.29) is 0 Å². The third kappa shape index (κ3) is 3.78. The Bertz CT molecular complexity index is 2740. The first-order valence-electron chi connectivity index (χ1n) is 15.7. The molecule has 46 heavy (non-hydrogen) atoms. The summed E-state index contributed by atoms with van der Waals surface area (Å²) in [6, 6.07) is 58.2. The van der Waals surface area contributed by atoms with E-state index in [1.807, 2.05) is 22.7 Å². The number of thiophene rings is 2. The highest BCUT2D eigenvalue weighted by atomic mass is 32.1. The van der Waals surface area contributed by atoms with Crippen LogP contribution in [0.25, 0.3) is 95.3 Å². The van der Waals surface area contributed by atoms with Crippen molar-refractivity contribution in [1.82, 2.24) is 0 Å². The van der Waals surface area contributed by atoms with Crippen LogP contribution in [-0.2, 0) is 0 Å². The third-order valence-electron chi connectivity index (χ3n) is 9.46. The van der Waals surface area contributed by atoms with Crippen molar-refractivity contribution in [2.45, 2.75) is 0 Å². The molecule has 0 atom stereocenters. The van der Waals surface area contributed by atoms with Crippen LogP contribution in [0.4, 0.5) is 0 Å². The summed E-state index contributed by atoms with van der Waals surface area (Å²) in [5, 5.41) is 11.7. The fourth-order valence-corrected chi connectivity index (χ4v) is 10.1. The first kappa shape index (κ1) is 26.0. The number of rotatable bonds is 3. The summed E-state index contributed by atoms with van der Waals surface area (Å²) in [7, 11) is 0. The van der Waals surface area contributed by atoms with E-state index in [1.165, 1.54) is 95.3 Å². The molecule has 2 heterocycles. The molecule has 0 aliphatic carbocycles. The van der Waals surface area contributed by atoms with Gasteiger partial charge in [-0.15, -0.1) is 22.7 Å². The van der Waals surface area contributed by atoms with Crippen LogP contribution in [0, 0.1) is 0 Å². The molecule has 10 aromatic rings. The van der Waals surface area contributed by atoms with Gasteiger partial charge >= 0.3 is 0 Å². The predicted octanol–water partition coefficient (Wildman–Crippen LogP) is 13.7. The van der Waals surface area contributed by atoms with E-state index in [0.29, 0.717) is 0 Å². The van der Waals surface area contributed by atoms with Crippen LogP contribution in [-0.4, -0.2) is 0 Å². The molecule has 0 aliphatic heterocycles. The summed E-state index contributed by atoms with van der Waals surface area (Å²) in [4.78, 5) is 1.33. The van der Waals surface area contributed by atoms with E-state index >= 15 is 0 Å². The molecule has 0 bridgehead atoms. The van der Waals surface area contributed by atoms with Crippen LogP contribution < -0.4 is 0 Å². The van der Waals surface area contributed by atoms with Gasteiger partial charge in [0, 0.05) is 46.3 Å². The fourth-order valence-electron chi connectivity index (χ4n) is 7.46. The molecule has 10 rings (SSSR count). The molecule has 0 N–H and O–H groups in total. The molecule has 0 aliphatic rings. The standard InChI is InChI=1S/C44H26S2/c1-2-13-28(14-3-1)40-36-24-25-38-42(35-20-10-11-21-37(35)45-38)43(36)46-44(40)41-33-18-8-6-16-31(33)39(32-17-7-9-19-34(32)41)30-23-22-27-12-4-5-15-29(27)26-30/h1-26H. The maximum Gasteiger partial charge on any atom is 0.0449 e. The second-order valence-electron chi connectivity index (χ2n) is 12.0. The molecule has 0 saturated heterocycles. The maximum absolute atomic E-state index is 2.36. The van der Waals surface area contributed by atoms with Gasteiger partial charge in [0.05, 0.1) is 0 Å². The Morgan fingerprint density at radius 2 is 0.935 bits per heavy atom. The summed E-state index contributed by atoms with van der Waals surface area (Å²) in [5.74, 6) is 0. The normalized spacial score (nSPS) is 11.9. The molecule has 2 aromatic heterocycles. The minimum Gasteiger partial charge on any atom is -0.135 e. The zero-order valence-electron chi connectivity index (χ0n) is 24.8. The van der Waals surface area contributed by atoms with E-state index in [0.717, 1.165) is 0 Å². The molecular weight excluding hydrogens is 593 g/mol. The average Bonchev–Trinajstić information content (AvgIpc) is 3.69. The molecule has 0 nitrogen and oxygen atoms in total. The van der Waals surface area contributed by atoms with Gasteiger partial charge < -0.3 is 0 Å². The van der Waals surface area contributed by atoms with Crippen molar-refractivity contribution < 1.29 is 0 Å². The first-order chi connectivity index (χ1) is 22.8. The predicted molar refractivity (Wildman–Crippen MR) is 204 cm³/mol. The quantitative estimate of drug-likeness (QED) is 0.173. The SMILES string of the molecule is c1ccc(-c2c(-c3c4ccccc4c(-c4ccc5ccccc5c4)c4ccccc34)sc3c2ccc2sc4ccccc4c23)cc1. The Kier molecular flexibility index (Phi) is 5.72. The van der Waals surface area contributed by atoms with Gasteiger partial charge in [-0.3, -0.25) is 0 Å². The lowest BCUT2D eigenvalue weighted by atomic mass is 9.86. The van der Waals surface area contributed by atoms with Crippen LogP contribution >= 0.6 is 22.7 Å². The first-order valence-corrected chi connectivity index (χ1v) is 17.3. The summed E-state index contributed by atoms with van der Waals surface area (Å²) < 4.78 is 4.06. The summed E-state index contributed by atoms with van der Waals surface area (Å²) in [5.41, 5.74) is 6.46. The van der Waals surface area contributed by atoms with Gasteiger partial charge in [0.1, 0.15) is 0 Å². The van der Waals surface area contributed by atoms with Crippen LogP contribution in [0.1, 0.15) is 0 Å². The van der Waals surface area contributed by atoms with Crippen molar-refractivity contribution in [2.24, 2.45) is 0 Å². The zero-order chi connectivity index (χ0) is 30.2. The lowest BCUT2D eigenvalue weighted by molar-refractivity contribution is 1.68. The highest BCUT2D eigenvalue weighted by molar-refractivity contribution is 7.28. The van der Waals surface area contributed by atoms with Crippen LogP contribution in [0.3, 0.4) is 0 Å². The third-order valence-corrected chi connectivity index (χ3v) is 11.8. The summed E-state index contributed by atoms with van der Waals surface area (Å²) in [6.07, 6.45) is 0. The second-order valence-corrected chi connectivity index (χ2v) is 14.1. The summed E-state index contributed by atoms with van der Waals surface area (Å²) in [6.45, 7) is 0. The lowest BCUT2D eigenvalue weighted by Crippen LogP contribution is -1.91. The monoisotopic (exact) mass is 618 g/mol. The van der Waals surface area contributed by atoms with Crippen LogP contribution in [0.2, 0.25) is 0 Å². The van der Waals surface area contributed by atoms with Gasteiger partial charge in [0.2, 0.25) is 0 Å². The van der Waals surface area contributed by atoms with Gasteiger partial charge in [-0.05, 0) is 67.2 Å². The average molecular weight is 619 g/mol. The van der Waals surface area contributed by atoms with E-state index in [4.69, 9.17) is 0 Å². The largest absolute Gasteiger partial charge is 0.135 e. The highest BCUT2D eigenvalue weighted by Gasteiger charge is 2.24. The van der Waals surface area contributed by atoms with Crippen molar-refractivity contribution in [3.8, 4) is 32.7 Å². The number of fused-ring (bicyclic) bond motifs is 8. The van der Waals surface area contributed by atoms with Crippen molar-refractivity contribution in [3.63, 3.8) is 0 Å².